The zero-order valence-corrected chi connectivity index (χ0v) is 33.2. The van der Waals surface area contributed by atoms with Crippen molar-refractivity contribution in [3.63, 3.8) is 0 Å². The average Bonchev–Trinajstić information content (AvgIpc) is 3.22. The smallest absolute Gasteiger partial charge is 0.242 e. The lowest BCUT2D eigenvalue weighted by molar-refractivity contribution is -0.150. The van der Waals surface area contributed by atoms with Crippen LogP contribution in [0, 0.1) is 0 Å². The Morgan fingerprint density at radius 3 is 0.895 bits per heavy atom. The van der Waals surface area contributed by atoms with E-state index in [-0.39, 0.29) is 91.6 Å². The molecule has 1 heterocycles. The molecule has 14 nitrogen and oxygen atoms in total. The fourth-order valence-electron chi connectivity index (χ4n) is 6.48. The predicted molar refractivity (Wildman–Crippen MR) is 218 cm³/mol. The first-order chi connectivity index (χ1) is 27.6. The van der Waals surface area contributed by atoms with Gasteiger partial charge in [0.05, 0.1) is 19.6 Å². The topological polar surface area (TPSA) is 174 Å². The van der Waals surface area contributed by atoms with Crippen LogP contribution in [0.5, 0.6) is 0 Å². The van der Waals surface area contributed by atoms with Gasteiger partial charge in [-0.25, -0.2) is 0 Å². The molecule has 1 saturated heterocycles. The molecule has 0 saturated carbocycles. The standard InChI is InChI=1S/C43H58N8O6/c1-2-3-23-46-29-41(55)50(27-36-17-9-5-10-18-36)33-39(53)48(25-14-22-45)31-43(57)51(28-37-19-11-6-12-20-37)34-40(54)47(24-13-21-44)30-42(56)49(32-38(46)52)26-35-15-7-4-8-16-35/h4-12,15-20H,2-3,13-14,21-34,44-45H2,1H3. The highest BCUT2D eigenvalue weighted by molar-refractivity contribution is 5.93. The zero-order chi connectivity index (χ0) is 41.0. The molecule has 306 valence electrons. The van der Waals surface area contributed by atoms with Crippen LogP contribution >= 0.6 is 0 Å². The Balaban J connectivity index is 1.79. The number of hydrogen-bond donors (Lipinski definition) is 2. The van der Waals surface area contributed by atoms with E-state index in [1.165, 1.54) is 29.4 Å². The van der Waals surface area contributed by atoms with Gasteiger partial charge < -0.3 is 40.9 Å². The molecule has 0 bridgehead atoms. The van der Waals surface area contributed by atoms with E-state index in [2.05, 4.69) is 0 Å². The SMILES string of the molecule is CCCCN1CC(=O)N(Cc2ccccc2)CC(=O)N(CCCN)CC(=O)N(Cc2ccccc2)CC(=O)N(CCCN)CC(=O)N(Cc2ccccc2)CC1=O. The summed E-state index contributed by atoms with van der Waals surface area (Å²) in [7, 11) is 0. The van der Waals surface area contributed by atoms with Crippen molar-refractivity contribution in [3.8, 4) is 0 Å². The van der Waals surface area contributed by atoms with E-state index in [9.17, 15) is 28.8 Å². The second-order valence-electron chi connectivity index (χ2n) is 14.3. The Morgan fingerprint density at radius 2 is 0.632 bits per heavy atom. The second-order valence-corrected chi connectivity index (χ2v) is 14.3. The van der Waals surface area contributed by atoms with Gasteiger partial charge in [0, 0.05) is 39.3 Å². The third kappa shape index (κ3) is 14.4. The molecular weight excluding hydrogens is 725 g/mol. The van der Waals surface area contributed by atoms with Crippen molar-refractivity contribution in [2.45, 2.75) is 52.2 Å². The van der Waals surface area contributed by atoms with E-state index in [0.29, 0.717) is 19.3 Å². The minimum atomic E-state index is -0.480. The van der Waals surface area contributed by atoms with Crippen molar-refractivity contribution < 1.29 is 28.8 Å². The highest BCUT2D eigenvalue weighted by Crippen LogP contribution is 2.13. The van der Waals surface area contributed by atoms with Crippen LogP contribution < -0.4 is 11.5 Å². The molecule has 0 aliphatic carbocycles. The number of benzene rings is 3. The molecule has 14 heteroatoms. The Kier molecular flexibility index (Phi) is 18.2. The molecule has 0 unspecified atom stereocenters. The first-order valence-corrected chi connectivity index (χ1v) is 19.8. The lowest BCUT2D eigenvalue weighted by atomic mass is 10.2. The van der Waals surface area contributed by atoms with Crippen LogP contribution in [0.3, 0.4) is 0 Å². The van der Waals surface area contributed by atoms with Crippen LogP contribution in [0.4, 0.5) is 0 Å². The molecule has 3 aromatic rings. The van der Waals surface area contributed by atoms with Gasteiger partial charge in [-0.3, -0.25) is 28.8 Å². The largest absolute Gasteiger partial charge is 0.332 e. The molecule has 4 N–H and O–H groups in total. The summed E-state index contributed by atoms with van der Waals surface area (Å²) in [6.07, 6.45) is 2.16. The molecule has 6 amide bonds. The first-order valence-electron chi connectivity index (χ1n) is 19.8. The zero-order valence-electron chi connectivity index (χ0n) is 33.2. The number of rotatable bonds is 15. The Labute approximate surface area is 336 Å². The van der Waals surface area contributed by atoms with Crippen molar-refractivity contribution in [2.75, 3.05) is 72.0 Å². The molecule has 4 rings (SSSR count). The van der Waals surface area contributed by atoms with E-state index < -0.39 is 35.4 Å². The quantitative estimate of drug-likeness (QED) is 0.236. The van der Waals surface area contributed by atoms with Crippen molar-refractivity contribution in [3.05, 3.63) is 108 Å². The van der Waals surface area contributed by atoms with E-state index >= 15 is 0 Å². The van der Waals surface area contributed by atoms with Gasteiger partial charge in [-0.05, 0) is 49.0 Å². The molecule has 0 radical (unpaired) electrons. The van der Waals surface area contributed by atoms with Gasteiger partial charge in [0.15, 0.2) is 0 Å². The molecule has 0 atom stereocenters. The van der Waals surface area contributed by atoms with Crippen molar-refractivity contribution in [1.29, 1.82) is 0 Å². The number of unbranched alkanes of at least 4 members (excludes halogenated alkanes) is 1. The minimum absolute atomic E-state index is 0.0733. The molecule has 3 aromatic carbocycles. The number of carbonyl (C=O) groups excluding carboxylic acids is 6. The number of nitrogens with two attached hydrogens (primary N) is 2. The van der Waals surface area contributed by atoms with Gasteiger partial charge in [0.2, 0.25) is 35.4 Å². The van der Waals surface area contributed by atoms with Gasteiger partial charge in [-0.2, -0.15) is 0 Å². The molecular formula is C43H58N8O6. The van der Waals surface area contributed by atoms with Crippen LogP contribution in [0.15, 0.2) is 91.0 Å². The van der Waals surface area contributed by atoms with E-state index in [4.69, 9.17) is 11.5 Å². The Morgan fingerprint density at radius 1 is 0.386 bits per heavy atom. The van der Waals surface area contributed by atoms with Crippen LogP contribution in [0.25, 0.3) is 0 Å². The van der Waals surface area contributed by atoms with Crippen LogP contribution in [0.2, 0.25) is 0 Å². The van der Waals surface area contributed by atoms with E-state index in [1.54, 1.807) is 0 Å². The summed E-state index contributed by atoms with van der Waals surface area (Å²) in [5, 5.41) is 0. The summed E-state index contributed by atoms with van der Waals surface area (Å²) in [6, 6.07) is 27.6. The number of amides is 6. The minimum Gasteiger partial charge on any atom is -0.332 e. The molecule has 57 heavy (non-hydrogen) atoms. The normalized spacial score (nSPS) is 16.1. The fraction of sp³-hybridized carbons (Fsp3) is 0.442. The maximum Gasteiger partial charge on any atom is 0.242 e. The Bertz CT molecular complexity index is 1540. The summed E-state index contributed by atoms with van der Waals surface area (Å²) in [4.78, 5) is 93.7. The average molecular weight is 783 g/mol. The summed E-state index contributed by atoms with van der Waals surface area (Å²) >= 11 is 0. The van der Waals surface area contributed by atoms with Gasteiger partial charge in [-0.1, -0.05) is 104 Å². The Hall–Kier alpha value is -5.60. The summed E-state index contributed by atoms with van der Waals surface area (Å²) in [5.74, 6) is -2.77. The maximum atomic E-state index is 14.3. The molecule has 1 fully saturated rings. The number of carbonyl (C=O) groups is 6. The van der Waals surface area contributed by atoms with Gasteiger partial charge in [0.1, 0.15) is 19.6 Å². The molecule has 1 aliphatic rings. The summed E-state index contributed by atoms with van der Waals surface area (Å²) < 4.78 is 0. The predicted octanol–water partition coefficient (Wildman–Crippen LogP) is 2.07. The van der Waals surface area contributed by atoms with E-state index in [0.717, 1.165) is 23.1 Å². The number of hydrogen-bond acceptors (Lipinski definition) is 8. The second kappa shape index (κ2) is 23.5. The van der Waals surface area contributed by atoms with Crippen molar-refractivity contribution in [1.82, 2.24) is 29.4 Å². The van der Waals surface area contributed by atoms with E-state index in [1.807, 2.05) is 97.9 Å². The highest BCUT2D eigenvalue weighted by atomic mass is 16.2. The van der Waals surface area contributed by atoms with Crippen molar-refractivity contribution >= 4 is 35.4 Å². The van der Waals surface area contributed by atoms with Gasteiger partial charge in [-0.15, -0.1) is 0 Å². The lowest BCUT2D eigenvalue weighted by Crippen LogP contribution is -2.53. The third-order valence-electron chi connectivity index (χ3n) is 9.77. The maximum absolute atomic E-state index is 14.3. The fourth-order valence-corrected chi connectivity index (χ4v) is 6.48. The monoisotopic (exact) mass is 782 g/mol. The van der Waals surface area contributed by atoms with Gasteiger partial charge >= 0.3 is 0 Å². The summed E-state index contributed by atoms with van der Waals surface area (Å²) in [5.41, 5.74) is 14.0. The lowest BCUT2D eigenvalue weighted by Gasteiger charge is -2.34. The highest BCUT2D eigenvalue weighted by Gasteiger charge is 2.31. The third-order valence-corrected chi connectivity index (χ3v) is 9.77. The molecule has 0 aromatic heterocycles. The van der Waals surface area contributed by atoms with Gasteiger partial charge in [0.25, 0.3) is 0 Å². The molecule has 1 aliphatic heterocycles. The number of nitrogens with zero attached hydrogens (tertiary/aromatic N) is 6. The summed E-state index contributed by atoms with van der Waals surface area (Å²) in [6.45, 7) is 1.21. The first kappa shape index (κ1) is 44.1. The van der Waals surface area contributed by atoms with Crippen molar-refractivity contribution in [2.24, 2.45) is 11.5 Å². The van der Waals surface area contributed by atoms with Crippen LogP contribution in [-0.2, 0) is 48.4 Å². The van der Waals surface area contributed by atoms with Crippen LogP contribution in [0.1, 0.15) is 49.3 Å². The van der Waals surface area contributed by atoms with Crippen LogP contribution in [-0.4, -0.2) is 137 Å². The molecule has 0 spiro atoms.